The average molecular weight is 97.3 g/mol. The van der Waals surface area contributed by atoms with E-state index in [9.17, 15) is 0 Å². The summed E-state index contributed by atoms with van der Waals surface area (Å²) >= 11 is 4.39. The summed E-state index contributed by atoms with van der Waals surface area (Å²) in [6, 6.07) is 0. The van der Waals surface area contributed by atoms with Crippen LogP contribution in [0.1, 0.15) is 0 Å². The van der Waals surface area contributed by atoms with Crippen LogP contribution in [0.25, 0.3) is 0 Å². The Balaban J connectivity index is 0. The van der Waals surface area contributed by atoms with Crippen LogP contribution in [0.3, 0.4) is 0 Å². The fraction of sp³-hybridized carbons (Fsp3) is 0. The highest BCUT2D eigenvalue weighted by Crippen LogP contribution is 1.67. The Morgan fingerprint density at radius 3 is 1.40 bits per heavy atom. The molecular weight excluding hydrogens is 92.3 g/mol. The monoisotopic (exact) mass is 97.0 g/mol. The quantitative estimate of drug-likeness (QED) is 0.352. The molecule has 3 nitrogen and oxygen atoms in total. The first-order valence-corrected chi connectivity index (χ1v) is 1.17. The van der Waals surface area contributed by atoms with Crippen LogP contribution in [0.15, 0.2) is 0 Å². The van der Waals surface area contributed by atoms with Gasteiger partial charge in [-0.15, -0.1) is 11.5 Å². The van der Waals surface area contributed by atoms with Crippen LogP contribution in [0.5, 0.6) is 0 Å². The van der Waals surface area contributed by atoms with Gasteiger partial charge in [-0.1, -0.05) is 0 Å². The van der Waals surface area contributed by atoms with Crippen molar-refractivity contribution in [2.24, 2.45) is 0 Å². The van der Waals surface area contributed by atoms with Gasteiger partial charge in [0, 0.05) is 0 Å². The van der Waals surface area contributed by atoms with Gasteiger partial charge in [0.1, 0.15) is 0 Å². The molecule has 0 unspecified atom stereocenters. The molecule has 0 aromatic rings. The molecule has 32 valence electrons. The number of rotatable bonds is 0. The van der Waals surface area contributed by atoms with Crippen molar-refractivity contribution in [2.75, 3.05) is 0 Å². The number of hydrogen-bond donors (Lipinski definition) is 3. The lowest BCUT2D eigenvalue weighted by atomic mass is 10.4. The molecule has 0 atom stereocenters. The van der Waals surface area contributed by atoms with E-state index in [1.165, 1.54) is 0 Å². The number of halogens is 1. The third-order valence-corrected chi connectivity index (χ3v) is 0. The van der Waals surface area contributed by atoms with Crippen LogP contribution in [0.4, 0.5) is 0 Å². The Hall–Kier alpha value is 0.235. The van der Waals surface area contributed by atoms with Crippen molar-refractivity contribution in [1.82, 2.24) is 6.15 Å². The smallest absolute Gasteiger partial charge is 0.414 e. The van der Waals surface area contributed by atoms with Crippen LogP contribution < -0.4 is 6.15 Å². The zero-order valence-corrected chi connectivity index (χ0v) is 3.31. The van der Waals surface area contributed by atoms with Crippen molar-refractivity contribution in [3.8, 4) is 0 Å². The summed E-state index contributed by atoms with van der Waals surface area (Å²) in [5.41, 5.74) is 0. The lowest BCUT2D eigenvalue weighted by Crippen LogP contribution is -1.96. The van der Waals surface area contributed by atoms with Crippen molar-refractivity contribution in [3.05, 3.63) is 0 Å². The lowest BCUT2D eigenvalue weighted by molar-refractivity contribution is 0.435. The molecule has 0 saturated heterocycles. The van der Waals surface area contributed by atoms with Gasteiger partial charge in [-0.2, -0.15) is 0 Å². The minimum atomic E-state index is -1.69. The van der Waals surface area contributed by atoms with Gasteiger partial charge >= 0.3 is 6.53 Å². The Bertz CT molecular complexity index is 14.4. The van der Waals surface area contributed by atoms with Crippen LogP contribution in [-0.2, 0) is 0 Å². The molecule has 0 aliphatic rings. The van der Waals surface area contributed by atoms with Crippen LogP contribution in [0.2, 0.25) is 0 Å². The molecule has 5 N–H and O–H groups in total. The minimum absolute atomic E-state index is 0. The molecule has 0 fully saturated rings. The third kappa shape index (κ3) is 383. The normalized spacial score (nSPS) is 5.40. The van der Waals surface area contributed by atoms with E-state index in [1.54, 1.807) is 0 Å². The first-order chi connectivity index (χ1) is 1.73. The summed E-state index contributed by atoms with van der Waals surface area (Å²) in [6.45, 7) is -1.69. The molecule has 0 aromatic carbocycles. The molecule has 5 heavy (non-hydrogen) atoms. The fourth-order valence-corrected chi connectivity index (χ4v) is 0. The van der Waals surface area contributed by atoms with Gasteiger partial charge in [-0.25, -0.2) is 0 Å². The molecule has 0 amide bonds. The standard InChI is InChI=1S/BClH2O2.H3N/c2-1(3)4;/h3-4H;1H3. The Labute approximate surface area is 35.2 Å². The van der Waals surface area contributed by atoms with Crippen molar-refractivity contribution >= 4 is 18.0 Å². The second-order valence-electron chi connectivity index (χ2n) is 0.311. The van der Waals surface area contributed by atoms with Gasteiger partial charge in [0.2, 0.25) is 0 Å². The first kappa shape index (κ1) is 8.97. The summed E-state index contributed by atoms with van der Waals surface area (Å²) in [5.74, 6) is 0. The highest BCUT2D eigenvalue weighted by molar-refractivity contribution is 6.97. The maximum atomic E-state index is 7.38. The second-order valence-corrected chi connectivity index (χ2v) is 0.701. The van der Waals surface area contributed by atoms with E-state index in [2.05, 4.69) is 11.5 Å². The minimum Gasteiger partial charge on any atom is -0.414 e. The predicted octanol–water partition coefficient (Wildman–Crippen LogP) is -0.643. The van der Waals surface area contributed by atoms with E-state index < -0.39 is 6.53 Å². The second kappa shape index (κ2) is 4.23. The van der Waals surface area contributed by atoms with Gasteiger partial charge in [0.15, 0.2) is 0 Å². The summed E-state index contributed by atoms with van der Waals surface area (Å²) in [5, 5.41) is 14.8. The zero-order valence-electron chi connectivity index (χ0n) is 2.56. The van der Waals surface area contributed by atoms with Crippen molar-refractivity contribution in [1.29, 1.82) is 0 Å². The molecule has 0 saturated carbocycles. The highest BCUT2D eigenvalue weighted by atomic mass is 35.5. The average Bonchev–Trinajstić information content (AvgIpc) is 0.811. The molecule has 5 heteroatoms. The zero-order chi connectivity index (χ0) is 3.58. The lowest BCUT2D eigenvalue weighted by Gasteiger charge is -1.67. The van der Waals surface area contributed by atoms with Gasteiger partial charge in [-0.3, -0.25) is 0 Å². The molecular formula is H5BClNO2. The molecule has 0 rings (SSSR count). The molecule has 0 aromatic heterocycles. The number of hydrogen-bond acceptors (Lipinski definition) is 3. The van der Waals surface area contributed by atoms with Crippen molar-refractivity contribution in [3.63, 3.8) is 0 Å². The van der Waals surface area contributed by atoms with Crippen molar-refractivity contribution < 1.29 is 10.0 Å². The Morgan fingerprint density at radius 2 is 1.40 bits per heavy atom. The molecule has 0 heterocycles. The van der Waals surface area contributed by atoms with E-state index >= 15 is 0 Å². The van der Waals surface area contributed by atoms with E-state index in [1.807, 2.05) is 0 Å². The third-order valence-electron chi connectivity index (χ3n) is 0. The molecule has 0 radical (unpaired) electrons. The predicted molar refractivity (Wildman–Crippen MR) is 21.1 cm³/mol. The largest absolute Gasteiger partial charge is 0.566 e. The van der Waals surface area contributed by atoms with Gasteiger partial charge in [0.25, 0.3) is 0 Å². The summed E-state index contributed by atoms with van der Waals surface area (Å²) in [4.78, 5) is 0. The van der Waals surface area contributed by atoms with Gasteiger partial charge < -0.3 is 16.2 Å². The van der Waals surface area contributed by atoms with Gasteiger partial charge in [-0.05, 0) is 0 Å². The van der Waals surface area contributed by atoms with Crippen LogP contribution in [0, 0.1) is 0 Å². The van der Waals surface area contributed by atoms with Crippen LogP contribution in [-0.4, -0.2) is 16.6 Å². The molecule has 0 bridgehead atoms. The van der Waals surface area contributed by atoms with Gasteiger partial charge in [0.05, 0.1) is 0 Å². The maximum absolute atomic E-state index is 7.38. The van der Waals surface area contributed by atoms with Crippen LogP contribution >= 0.6 is 11.5 Å². The van der Waals surface area contributed by atoms with E-state index in [0.29, 0.717) is 0 Å². The summed E-state index contributed by atoms with van der Waals surface area (Å²) < 4.78 is 0. The molecule has 0 aliphatic carbocycles. The van der Waals surface area contributed by atoms with E-state index in [4.69, 9.17) is 10.0 Å². The molecule has 0 spiro atoms. The first-order valence-electron chi connectivity index (χ1n) is 0.735. The Morgan fingerprint density at radius 1 is 1.40 bits per heavy atom. The topological polar surface area (TPSA) is 75.5 Å². The molecule has 0 aliphatic heterocycles. The fourth-order valence-electron chi connectivity index (χ4n) is 0. The Kier molecular flexibility index (Phi) is 7.60. The SMILES string of the molecule is N.OB(O)Cl. The maximum Gasteiger partial charge on any atom is 0.566 e. The highest BCUT2D eigenvalue weighted by Gasteiger charge is 1.92. The summed E-state index contributed by atoms with van der Waals surface area (Å²) in [6.07, 6.45) is 0. The summed E-state index contributed by atoms with van der Waals surface area (Å²) in [7, 11) is 0. The van der Waals surface area contributed by atoms with E-state index in [0.717, 1.165) is 0 Å². The van der Waals surface area contributed by atoms with Crippen molar-refractivity contribution in [2.45, 2.75) is 0 Å². The van der Waals surface area contributed by atoms with E-state index in [-0.39, 0.29) is 6.15 Å².